The van der Waals surface area contributed by atoms with E-state index in [2.05, 4.69) is 29.8 Å². The first kappa shape index (κ1) is 11.4. The van der Waals surface area contributed by atoms with E-state index in [1.807, 2.05) is 0 Å². The summed E-state index contributed by atoms with van der Waals surface area (Å²) in [6.45, 7) is 6.24. The topological polar surface area (TPSA) is 9.23 Å². The van der Waals surface area contributed by atoms with Crippen molar-refractivity contribution in [2.45, 2.75) is 33.1 Å². The first-order valence-electron chi connectivity index (χ1n) is 4.48. The molecule has 1 unspecified atom stereocenters. The standard InChI is InChI=1S/C9H19BrO/c1-3-5-6-11-8-9(4-2)7-10/h9H,3-8H2,1-2H3. The summed E-state index contributed by atoms with van der Waals surface area (Å²) in [5.74, 6) is 0.701. The molecular weight excluding hydrogens is 204 g/mol. The molecule has 0 saturated carbocycles. The quantitative estimate of drug-likeness (QED) is 0.475. The summed E-state index contributed by atoms with van der Waals surface area (Å²) in [6.07, 6.45) is 3.63. The molecule has 0 aromatic carbocycles. The van der Waals surface area contributed by atoms with Crippen LogP contribution in [0.25, 0.3) is 0 Å². The van der Waals surface area contributed by atoms with E-state index < -0.39 is 0 Å². The van der Waals surface area contributed by atoms with Gasteiger partial charge in [-0.05, 0) is 12.3 Å². The number of halogens is 1. The lowest BCUT2D eigenvalue weighted by Crippen LogP contribution is -2.10. The lowest BCUT2D eigenvalue weighted by atomic mass is 10.1. The summed E-state index contributed by atoms with van der Waals surface area (Å²) in [7, 11) is 0. The summed E-state index contributed by atoms with van der Waals surface area (Å²) in [4.78, 5) is 0. The van der Waals surface area contributed by atoms with Gasteiger partial charge in [0, 0.05) is 11.9 Å². The minimum Gasteiger partial charge on any atom is -0.381 e. The second-order valence-electron chi connectivity index (χ2n) is 2.86. The lowest BCUT2D eigenvalue weighted by Gasteiger charge is -2.10. The number of hydrogen-bond donors (Lipinski definition) is 0. The minimum absolute atomic E-state index is 0.701. The molecule has 0 spiro atoms. The van der Waals surface area contributed by atoms with E-state index in [0.29, 0.717) is 5.92 Å². The molecule has 0 saturated heterocycles. The molecule has 0 aromatic rings. The van der Waals surface area contributed by atoms with Crippen LogP contribution >= 0.6 is 15.9 Å². The van der Waals surface area contributed by atoms with Crippen LogP contribution in [-0.2, 0) is 4.74 Å². The van der Waals surface area contributed by atoms with Crippen molar-refractivity contribution in [3.05, 3.63) is 0 Å². The number of rotatable bonds is 7. The molecule has 0 aliphatic carbocycles. The fourth-order valence-corrected chi connectivity index (χ4v) is 1.41. The molecule has 0 bridgehead atoms. The van der Waals surface area contributed by atoms with Crippen LogP contribution in [0.3, 0.4) is 0 Å². The first-order chi connectivity index (χ1) is 5.35. The van der Waals surface area contributed by atoms with Gasteiger partial charge in [-0.15, -0.1) is 0 Å². The van der Waals surface area contributed by atoms with Crippen LogP contribution in [0.4, 0.5) is 0 Å². The highest BCUT2D eigenvalue weighted by molar-refractivity contribution is 9.09. The minimum atomic E-state index is 0.701. The van der Waals surface area contributed by atoms with Crippen molar-refractivity contribution >= 4 is 15.9 Å². The molecule has 0 aliphatic heterocycles. The molecule has 0 rings (SSSR count). The molecule has 1 nitrogen and oxygen atoms in total. The molecule has 1 atom stereocenters. The molecule has 0 aliphatic rings. The zero-order chi connectivity index (χ0) is 8.53. The van der Waals surface area contributed by atoms with Crippen molar-refractivity contribution in [2.75, 3.05) is 18.5 Å². The largest absolute Gasteiger partial charge is 0.381 e. The normalized spacial score (nSPS) is 13.4. The van der Waals surface area contributed by atoms with Gasteiger partial charge in [0.2, 0.25) is 0 Å². The van der Waals surface area contributed by atoms with E-state index in [4.69, 9.17) is 4.74 Å². The predicted octanol–water partition coefficient (Wildman–Crippen LogP) is 3.22. The third kappa shape index (κ3) is 6.82. The third-order valence-electron chi connectivity index (χ3n) is 1.79. The predicted molar refractivity (Wildman–Crippen MR) is 53.3 cm³/mol. The Morgan fingerprint density at radius 2 is 2.09 bits per heavy atom. The summed E-state index contributed by atoms with van der Waals surface area (Å²) in [5.41, 5.74) is 0. The zero-order valence-corrected chi connectivity index (χ0v) is 9.19. The summed E-state index contributed by atoms with van der Waals surface area (Å²) >= 11 is 3.47. The molecule has 11 heavy (non-hydrogen) atoms. The van der Waals surface area contributed by atoms with Gasteiger partial charge >= 0.3 is 0 Å². The summed E-state index contributed by atoms with van der Waals surface area (Å²) < 4.78 is 5.49. The number of unbranched alkanes of at least 4 members (excludes halogenated alkanes) is 1. The lowest BCUT2D eigenvalue weighted by molar-refractivity contribution is 0.103. The van der Waals surface area contributed by atoms with Gasteiger partial charge in [0.1, 0.15) is 0 Å². The Balaban J connectivity index is 3.07. The van der Waals surface area contributed by atoms with Gasteiger partial charge in [-0.25, -0.2) is 0 Å². The summed E-state index contributed by atoms with van der Waals surface area (Å²) in [6, 6.07) is 0. The maximum Gasteiger partial charge on any atom is 0.0502 e. The van der Waals surface area contributed by atoms with Crippen LogP contribution in [0.15, 0.2) is 0 Å². The molecular formula is C9H19BrO. The number of hydrogen-bond acceptors (Lipinski definition) is 1. The molecule has 0 N–H and O–H groups in total. The highest BCUT2D eigenvalue weighted by atomic mass is 79.9. The second kappa shape index (κ2) is 8.54. The highest BCUT2D eigenvalue weighted by Gasteiger charge is 2.02. The Morgan fingerprint density at radius 3 is 2.55 bits per heavy atom. The highest BCUT2D eigenvalue weighted by Crippen LogP contribution is 2.06. The Labute approximate surface area is 78.6 Å². The zero-order valence-electron chi connectivity index (χ0n) is 7.61. The molecule has 0 aromatic heterocycles. The van der Waals surface area contributed by atoms with Crippen molar-refractivity contribution in [3.8, 4) is 0 Å². The maximum atomic E-state index is 5.49. The van der Waals surface area contributed by atoms with Crippen LogP contribution in [-0.4, -0.2) is 18.5 Å². The fraction of sp³-hybridized carbons (Fsp3) is 1.00. The molecule has 2 heteroatoms. The van der Waals surface area contributed by atoms with Crippen LogP contribution in [0.1, 0.15) is 33.1 Å². The Morgan fingerprint density at radius 1 is 1.36 bits per heavy atom. The van der Waals surface area contributed by atoms with E-state index in [1.165, 1.54) is 19.3 Å². The van der Waals surface area contributed by atoms with Crippen LogP contribution in [0, 0.1) is 5.92 Å². The van der Waals surface area contributed by atoms with Crippen LogP contribution in [0.2, 0.25) is 0 Å². The fourth-order valence-electron chi connectivity index (χ4n) is 0.768. The van der Waals surface area contributed by atoms with Gasteiger partial charge < -0.3 is 4.74 Å². The average Bonchev–Trinajstić information content (AvgIpc) is 2.05. The number of ether oxygens (including phenoxy) is 1. The maximum absolute atomic E-state index is 5.49. The Hall–Kier alpha value is 0.440. The van der Waals surface area contributed by atoms with E-state index in [0.717, 1.165) is 18.5 Å². The molecule has 68 valence electrons. The van der Waals surface area contributed by atoms with Gasteiger partial charge in [-0.1, -0.05) is 42.6 Å². The molecule has 0 heterocycles. The van der Waals surface area contributed by atoms with Crippen LogP contribution < -0.4 is 0 Å². The first-order valence-corrected chi connectivity index (χ1v) is 5.61. The van der Waals surface area contributed by atoms with Crippen molar-refractivity contribution in [3.63, 3.8) is 0 Å². The average molecular weight is 223 g/mol. The second-order valence-corrected chi connectivity index (χ2v) is 3.50. The smallest absolute Gasteiger partial charge is 0.0502 e. The Bertz CT molecular complexity index is 72.0. The van der Waals surface area contributed by atoms with Gasteiger partial charge in [0.15, 0.2) is 0 Å². The van der Waals surface area contributed by atoms with E-state index in [9.17, 15) is 0 Å². The third-order valence-corrected chi connectivity index (χ3v) is 2.71. The van der Waals surface area contributed by atoms with Gasteiger partial charge in [-0.3, -0.25) is 0 Å². The van der Waals surface area contributed by atoms with Crippen molar-refractivity contribution in [2.24, 2.45) is 5.92 Å². The number of alkyl halides is 1. The van der Waals surface area contributed by atoms with E-state index in [-0.39, 0.29) is 0 Å². The van der Waals surface area contributed by atoms with Gasteiger partial charge in [-0.2, -0.15) is 0 Å². The van der Waals surface area contributed by atoms with Gasteiger partial charge in [0.05, 0.1) is 6.61 Å². The van der Waals surface area contributed by atoms with E-state index >= 15 is 0 Å². The van der Waals surface area contributed by atoms with E-state index in [1.54, 1.807) is 0 Å². The SMILES string of the molecule is CCCCOCC(CC)CBr. The molecule has 0 radical (unpaired) electrons. The van der Waals surface area contributed by atoms with Crippen molar-refractivity contribution in [1.29, 1.82) is 0 Å². The molecule has 0 amide bonds. The van der Waals surface area contributed by atoms with Gasteiger partial charge in [0.25, 0.3) is 0 Å². The molecule has 0 fully saturated rings. The van der Waals surface area contributed by atoms with Crippen molar-refractivity contribution < 1.29 is 4.74 Å². The monoisotopic (exact) mass is 222 g/mol. The Kier molecular flexibility index (Phi) is 8.88. The van der Waals surface area contributed by atoms with Crippen molar-refractivity contribution in [1.82, 2.24) is 0 Å². The van der Waals surface area contributed by atoms with Crippen LogP contribution in [0.5, 0.6) is 0 Å². The summed E-state index contributed by atoms with van der Waals surface area (Å²) in [5, 5.41) is 1.07.